The second-order valence-corrected chi connectivity index (χ2v) is 5.59. The number of aromatic nitrogens is 2. The van der Waals surface area contributed by atoms with Gasteiger partial charge in [-0.25, -0.2) is 4.98 Å². The van der Waals surface area contributed by atoms with Crippen LogP contribution in [0.5, 0.6) is 5.88 Å². The molecule has 0 unspecified atom stereocenters. The Balaban J connectivity index is 1.68. The fourth-order valence-electron chi connectivity index (χ4n) is 2.40. The zero-order chi connectivity index (χ0) is 18.4. The lowest BCUT2D eigenvalue weighted by molar-refractivity contribution is 0.0944. The van der Waals surface area contributed by atoms with Gasteiger partial charge in [-0.3, -0.25) is 4.79 Å². The first-order chi connectivity index (χ1) is 12.7. The molecule has 26 heavy (non-hydrogen) atoms. The minimum atomic E-state index is -0.292. The minimum Gasteiger partial charge on any atom is -0.473 e. The van der Waals surface area contributed by atoms with Crippen molar-refractivity contribution in [1.29, 1.82) is 0 Å². The summed E-state index contributed by atoms with van der Waals surface area (Å²) in [6.45, 7) is 2.18. The van der Waals surface area contributed by atoms with E-state index in [4.69, 9.17) is 14.4 Å². The summed E-state index contributed by atoms with van der Waals surface area (Å²) in [4.78, 5) is 15.9. The summed E-state index contributed by atoms with van der Waals surface area (Å²) >= 11 is 0. The van der Waals surface area contributed by atoms with Crippen LogP contribution in [0.15, 0.2) is 53.2 Å². The van der Waals surface area contributed by atoms with Gasteiger partial charge in [-0.1, -0.05) is 35.5 Å². The second-order valence-electron chi connectivity index (χ2n) is 5.59. The third-order valence-corrected chi connectivity index (χ3v) is 3.79. The first-order valence-electron chi connectivity index (χ1n) is 8.17. The van der Waals surface area contributed by atoms with Gasteiger partial charge in [0, 0.05) is 24.4 Å². The highest BCUT2D eigenvalue weighted by Gasteiger charge is 2.15. The van der Waals surface area contributed by atoms with Gasteiger partial charge < -0.3 is 19.7 Å². The Bertz CT molecular complexity index is 860. The van der Waals surface area contributed by atoms with Crippen LogP contribution in [0, 0.1) is 6.92 Å². The van der Waals surface area contributed by atoms with Crippen LogP contribution in [0.2, 0.25) is 0 Å². The van der Waals surface area contributed by atoms with Crippen molar-refractivity contribution in [1.82, 2.24) is 15.5 Å². The number of nitrogens with zero attached hydrogens (tertiary/aromatic N) is 2. The lowest BCUT2D eigenvalue weighted by Crippen LogP contribution is -2.26. The van der Waals surface area contributed by atoms with Crippen LogP contribution in [-0.2, 0) is 6.61 Å². The molecule has 2 N–H and O–H groups in total. The highest BCUT2D eigenvalue weighted by molar-refractivity contribution is 5.93. The van der Waals surface area contributed by atoms with Gasteiger partial charge in [-0.2, -0.15) is 0 Å². The van der Waals surface area contributed by atoms with E-state index in [-0.39, 0.29) is 25.7 Å². The topological polar surface area (TPSA) is 97.5 Å². The average Bonchev–Trinajstić information content (AvgIpc) is 3.06. The van der Waals surface area contributed by atoms with Crippen molar-refractivity contribution in [2.24, 2.45) is 0 Å². The second kappa shape index (κ2) is 8.26. The predicted octanol–water partition coefficient (Wildman–Crippen LogP) is 2.35. The molecule has 2 aromatic heterocycles. The predicted molar refractivity (Wildman–Crippen MR) is 94.7 cm³/mol. The van der Waals surface area contributed by atoms with Gasteiger partial charge in [0.2, 0.25) is 5.88 Å². The molecule has 134 valence electrons. The number of aliphatic hydroxyl groups is 1. The Hall–Kier alpha value is -3.19. The Labute approximate surface area is 150 Å². The summed E-state index contributed by atoms with van der Waals surface area (Å²) in [7, 11) is 0. The molecule has 1 aromatic carbocycles. The average molecular weight is 353 g/mol. The monoisotopic (exact) mass is 353 g/mol. The van der Waals surface area contributed by atoms with Gasteiger partial charge in [0.05, 0.1) is 17.7 Å². The normalized spacial score (nSPS) is 10.5. The SMILES string of the molecule is Cc1onc(-c2ccccc2)c1COc1ccc(C(=O)NCCO)cn1. The maximum absolute atomic E-state index is 11.8. The zero-order valence-electron chi connectivity index (χ0n) is 14.3. The number of hydrogen-bond donors (Lipinski definition) is 2. The molecule has 0 aliphatic heterocycles. The molecule has 3 rings (SSSR count). The van der Waals surface area contributed by atoms with Crippen molar-refractivity contribution < 1.29 is 19.2 Å². The number of rotatable bonds is 7. The Morgan fingerprint density at radius 3 is 2.73 bits per heavy atom. The lowest BCUT2D eigenvalue weighted by atomic mass is 10.1. The van der Waals surface area contributed by atoms with Gasteiger partial charge in [0.15, 0.2) is 0 Å². The zero-order valence-corrected chi connectivity index (χ0v) is 14.3. The van der Waals surface area contributed by atoms with Crippen LogP contribution >= 0.6 is 0 Å². The molecule has 0 fully saturated rings. The number of hydrogen-bond acceptors (Lipinski definition) is 6. The molecule has 0 radical (unpaired) electrons. The Kier molecular flexibility index (Phi) is 5.60. The van der Waals surface area contributed by atoms with Crippen molar-refractivity contribution in [3.63, 3.8) is 0 Å². The first kappa shape index (κ1) is 17.6. The molecule has 3 aromatic rings. The van der Waals surface area contributed by atoms with E-state index in [2.05, 4.69) is 15.5 Å². The molecule has 7 nitrogen and oxygen atoms in total. The van der Waals surface area contributed by atoms with Gasteiger partial charge >= 0.3 is 0 Å². The maximum Gasteiger partial charge on any atom is 0.252 e. The van der Waals surface area contributed by atoms with Crippen LogP contribution < -0.4 is 10.1 Å². The molecular weight excluding hydrogens is 334 g/mol. The smallest absolute Gasteiger partial charge is 0.252 e. The van der Waals surface area contributed by atoms with E-state index in [1.807, 2.05) is 37.3 Å². The van der Waals surface area contributed by atoms with Crippen molar-refractivity contribution in [2.75, 3.05) is 13.2 Å². The molecule has 0 aliphatic carbocycles. The Morgan fingerprint density at radius 1 is 1.23 bits per heavy atom. The summed E-state index contributed by atoms with van der Waals surface area (Å²) in [6.07, 6.45) is 1.43. The van der Waals surface area contributed by atoms with Crippen LogP contribution in [0.3, 0.4) is 0 Å². The van der Waals surface area contributed by atoms with E-state index < -0.39 is 0 Å². The van der Waals surface area contributed by atoms with Gasteiger partial charge in [0.1, 0.15) is 18.1 Å². The van der Waals surface area contributed by atoms with E-state index in [1.165, 1.54) is 6.20 Å². The number of nitrogens with one attached hydrogen (secondary N) is 1. The fourth-order valence-corrected chi connectivity index (χ4v) is 2.40. The van der Waals surface area contributed by atoms with Crippen LogP contribution in [0.1, 0.15) is 21.7 Å². The van der Waals surface area contributed by atoms with Crippen LogP contribution in [0.25, 0.3) is 11.3 Å². The fraction of sp³-hybridized carbons (Fsp3) is 0.211. The number of pyridine rings is 1. The minimum absolute atomic E-state index is 0.109. The number of aliphatic hydroxyl groups excluding tert-OH is 1. The largest absolute Gasteiger partial charge is 0.473 e. The lowest BCUT2D eigenvalue weighted by Gasteiger charge is -2.07. The Morgan fingerprint density at radius 2 is 2.04 bits per heavy atom. The molecule has 0 aliphatic rings. The molecule has 0 spiro atoms. The number of amides is 1. The van der Waals surface area contributed by atoms with Gasteiger partial charge in [-0.05, 0) is 13.0 Å². The highest BCUT2D eigenvalue weighted by Crippen LogP contribution is 2.26. The quantitative estimate of drug-likeness (QED) is 0.677. The molecule has 0 atom stereocenters. The van der Waals surface area contributed by atoms with Crippen molar-refractivity contribution in [3.8, 4) is 17.1 Å². The summed E-state index contributed by atoms with van der Waals surface area (Å²) < 4.78 is 11.0. The van der Waals surface area contributed by atoms with Crippen molar-refractivity contribution >= 4 is 5.91 Å². The van der Waals surface area contributed by atoms with Crippen LogP contribution in [-0.4, -0.2) is 34.3 Å². The summed E-state index contributed by atoms with van der Waals surface area (Å²) in [5.74, 6) is 0.784. The molecular formula is C19H19N3O4. The number of ether oxygens (including phenoxy) is 1. The van der Waals surface area contributed by atoms with Gasteiger partial charge in [-0.15, -0.1) is 0 Å². The third-order valence-electron chi connectivity index (χ3n) is 3.79. The maximum atomic E-state index is 11.8. The van der Waals surface area contributed by atoms with Gasteiger partial charge in [0.25, 0.3) is 5.91 Å². The molecule has 0 saturated heterocycles. The van der Waals surface area contributed by atoms with Crippen LogP contribution in [0.4, 0.5) is 0 Å². The molecule has 2 heterocycles. The number of aryl methyl sites for hydroxylation is 1. The van der Waals surface area contributed by atoms with E-state index in [1.54, 1.807) is 12.1 Å². The van der Waals surface area contributed by atoms with Crippen molar-refractivity contribution in [3.05, 3.63) is 65.5 Å². The molecule has 0 saturated carbocycles. The molecule has 7 heteroatoms. The van der Waals surface area contributed by atoms with E-state index in [0.29, 0.717) is 17.2 Å². The highest BCUT2D eigenvalue weighted by atomic mass is 16.5. The van der Waals surface area contributed by atoms with Crippen molar-refractivity contribution in [2.45, 2.75) is 13.5 Å². The van der Waals surface area contributed by atoms with E-state index in [9.17, 15) is 4.79 Å². The molecule has 0 bridgehead atoms. The third kappa shape index (κ3) is 4.07. The summed E-state index contributed by atoms with van der Waals surface area (Å²) in [5, 5.41) is 15.4. The summed E-state index contributed by atoms with van der Waals surface area (Å²) in [5.41, 5.74) is 2.94. The molecule has 1 amide bonds. The number of benzene rings is 1. The number of carbonyl (C=O) groups excluding carboxylic acids is 1. The summed E-state index contributed by atoms with van der Waals surface area (Å²) in [6, 6.07) is 13.0. The standard InChI is InChI=1S/C19H19N3O4/c1-13-16(18(22-26-13)14-5-3-2-4-6-14)12-25-17-8-7-15(11-21-17)19(24)20-9-10-23/h2-8,11,23H,9-10,12H2,1H3,(H,20,24). The first-order valence-corrected chi connectivity index (χ1v) is 8.17. The van der Waals surface area contributed by atoms with E-state index >= 15 is 0 Å². The van der Waals surface area contributed by atoms with E-state index in [0.717, 1.165) is 16.8 Å². The number of carbonyl (C=O) groups is 1.